The molecule has 3 nitrogen and oxygen atoms in total. The first-order valence-corrected chi connectivity index (χ1v) is 5.07. The van der Waals surface area contributed by atoms with Gasteiger partial charge in [0, 0.05) is 22.5 Å². The van der Waals surface area contributed by atoms with Crippen LogP contribution in [0.1, 0.15) is 5.56 Å². The fourth-order valence-electron chi connectivity index (χ4n) is 0.976. The lowest BCUT2D eigenvalue weighted by atomic mass is 10.1. The third-order valence-electron chi connectivity index (χ3n) is 1.71. The molecule has 0 fully saturated rings. The van der Waals surface area contributed by atoms with Crippen molar-refractivity contribution in [1.82, 2.24) is 0 Å². The second-order valence-corrected chi connectivity index (χ2v) is 3.78. The van der Waals surface area contributed by atoms with Crippen molar-refractivity contribution in [3.8, 4) is 0 Å². The first kappa shape index (κ1) is 11.2. The van der Waals surface area contributed by atoms with Crippen molar-refractivity contribution in [2.75, 3.05) is 5.88 Å². The smallest absolute Gasteiger partial charge is 0.258 e. The average molecular weight is 277 g/mol. The second kappa shape index (κ2) is 4.57. The Bertz CT molecular complexity index is 392. The quantitative estimate of drug-likeness (QED) is 0.481. The van der Waals surface area contributed by atoms with Crippen LogP contribution in [-0.4, -0.2) is 10.8 Å². The predicted molar refractivity (Wildman–Crippen MR) is 60.6 cm³/mol. The minimum Gasteiger partial charge on any atom is -0.258 e. The van der Waals surface area contributed by atoms with E-state index in [2.05, 4.69) is 22.5 Å². The van der Waals surface area contributed by atoms with E-state index in [1.165, 1.54) is 12.1 Å². The summed E-state index contributed by atoms with van der Waals surface area (Å²) < 4.78 is 0.636. The van der Waals surface area contributed by atoms with Crippen LogP contribution in [0.3, 0.4) is 0 Å². The molecule has 0 amide bonds. The number of halogens is 2. The lowest BCUT2D eigenvalue weighted by Gasteiger charge is -2.04. The topological polar surface area (TPSA) is 43.1 Å². The Morgan fingerprint density at radius 2 is 2.29 bits per heavy atom. The summed E-state index contributed by atoms with van der Waals surface area (Å²) in [6.45, 7) is 3.75. The number of hydrogen-bond donors (Lipinski definition) is 0. The summed E-state index contributed by atoms with van der Waals surface area (Å²) in [6.07, 6.45) is 0. The number of hydrogen-bond acceptors (Lipinski definition) is 2. The Morgan fingerprint density at radius 3 is 2.71 bits per heavy atom. The third-order valence-corrected chi connectivity index (χ3v) is 2.68. The Kier molecular flexibility index (Phi) is 3.66. The molecule has 1 aromatic rings. The number of allylic oxidation sites excluding steroid dienone is 1. The molecule has 0 spiro atoms. The molecule has 0 unspecified atom stereocenters. The first-order valence-electron chi connectivity index (χ1n) is 3.74. The van der Waals surface area contributed by atoms with E-state index in [0.717, 1.165) is 11.1 Å². The summed E-state index contributed by atoms with van der Waals surface area (Å²) in [6, 6.07) is 4.50. The third kappa shape index (κ3) is 2.33. The molecule has 74 valence electrons. The lowest BCUT2D eigenvalue weighted by molar-refractivity contribution is -0.384. The molecule has 1 rings (SSSR count). The van der Waals surface area contributed by atoms with Crippen LogP contribution >= 0.6 is 27.5 Å². The van der Waals surface area contributed by atoms with Crippen LogP contribution in [0, 0.1) is 10.1 Å². The molecule has 0 saturated carbocycles. The highest BCUT2D eigenvalue weighted by Gasteiger charge is 2.10. The molecule has 0 N–H and O–H groups in total. The number of nitrogens with zero attached hydrogens (tertiary/aromatic N) is 1. The monoisotopic (exact) mass is 275 g/mol. The summed E-state index contributed by atoms with van der Waals surface area (Å²) in [5.41, 5.74) is 1.57. The molecular weight excluding hydrogens is 269 g/mol. The lowest BCUT2D eigenvalue weighted by Crippen LogP contribution is -1.91. The molecule has 0 atom stereocenters. The highest BCUT2D eigenvalue weighted by atomic mass is 79.9. The number of rotatable bonds is 3. The van der Waals surface area contributed by atoms with Crippen molar-refractivity contribution < 1.29 is 4.92 Å². The van der Waals surface area contributed by atoms with Gasteiger partial charge in [0.15, 0.2) is 0 Å². The molecule has 1 aromatic carbocycles. The molecule has 14 heavy (non-hydrogen) atoms. The zero-order chi connectivity index (χ0) is 10.7. The minimum absolute atomic E-state index is 0.0444. The first-order chi connectivity index (χ1) is 6.56. The van der Waals surface area contributed by atoms with E-state index in [-0.39, 0.29) is 5.69 Å². The van der Waals surface area contributed by atoms with Crippen LogP contribution in [0.5, 0.6) is 0 Å². The average Bonchev–Trinajstić information content (AvgIpc) is 2.16. The Labute approximate surface area is 94.7 Å². The predicted octanol–water partition coefficient (Wildman–Crippen LogP) is 3.61. The van der Waals surface area contributed by atoms with E-state index >= 15 is 0 Å². The summed E-state index contributed by atoms with van der Waals surface area (Å²) in [5, 5.41) is 10.4. The van der Waals surface area contributed by atoms with E-state index in [0.29, 0.717) is 10.4 Å². The molecule has 5 heteroatoms. The highest BCUT2D eigenvalue weighted by Crippen LogP contribution is 2.27. The van der Waals surface area contributed by atoms with Gasteiger partial charge < -0.3 is 0 Å². The molecular formula is C9H7BrClNO2. The Balaban J connectivity index is 3.14. The maximum absolute atomic E-state index is 10.4. The number of benzene rings is 1. The van der Waals surface area contributed by atoms with Crippen molar-refractivity contribution in [3.63, 3.8) is 0 Å². The molecule has 0 radical (unpaired) electrons. The van der Waals surface area contributed by atoms with Gasteiger partial charge in [0.05, 0.1) is 4.92 Å². The van der Waals surface area contributed by atoms with Crippen LogP contribution in [0.4, 0.5) is 5.69 Å². The van der Waals surface area contributed by atoms with Crippen molar-refractivity contribution in [2.45, 2.75) is 0 Å². The van der Waals surface area contributed by atoms with Gasteiger partial charge >= 0.3 is 0 Å². The molecule has 0 aliphatic heterocycles. The van der Waals surface area contributed by atoms with E-state index in [4.69, 9.17) is 11.6 Å². The summed E-state index contributed by atoms with van der Waals surface area (Å²) in [4.78, 5) is 9.99. The minimum atomic E-state index is -0.446. The zero-order valence-corrected chi connectivity index (χ0v) is 9.51. The van der Waals surface area contributed by atoms with Gasteiger partial charge in [-0.2, -0.15) is 0 Å². The summed E-state index contributed by atoms with van der Waals surface area (Å²) >= 11 is 8.84. The van der Waals surface area contributed by atoms with Gasteiger partial charge in [-0.25, -0.2) is 0 Å². The van der Waals surface area contributed by atoms with Crippen molar-refractivity contribution >= 4 is 38.8 Å². The Morgan fingerprint density at radius 1 is 1.64 bits per heavy atom. The maximum atomic E-state index is 10.4. The van der Waals surface area contributed by atoms with Crippen LogP contribution < -0.4 is 0 Å². The fraction of sp³-hybridized carbons (Fsp3) is 0.111. The van der Waals surface area contributed by atoms with Crippen LogP contribution in [0.2, 0.25) is 0 Å². The molecule has 0 saturated heterocycles. The normalized spacial score (nSPS) is 9.86. The standard InChI is InChI=1S/C9H7BrClNO2/c1-6(5-11)8-3-2-7(12(13)14)4-9(8)10/h2-4H,1,5H2. The summed E-state index contributed by atoms with van der Waals surface area (Å²) in [5.74, 6) is 0.302. The van der Waals surface area contributed by atoms with Crippen molar-refractivity contribution in [1.29, 1.82) is 0 Å². The van der Waals surface area contributed by atoms with Gasteiger partial charge in [0.1, 0.15) is 0 Å². The summed E-state index contributed by atoms with van der Waals surface area (Å²) in [7, 11) is 0. The molecule has 0 aliphatic carbocycles. The number of nitro benzene ring substituents is 1. The van der Waals surface area contributed by atoms with Crippen LogP contribution in [0.15, 0.2) is 29.3 Å². The van der Waals surface area contributed by atoms with Gasteiger partial charge in [-0.1, -0.05) is 6.58 Å². The molecule has 0 aliphatic rings. The van der Waals surface area contributed by atoms with Crippen LogP contribution in [0.25, 0.3) is 5.57 Å². The van der Waals surface area contributed by atoms with Crippen molar-refractivity contribution in [3.05, 3.63) is 44.9 Å². The Hall–Kier alpha value is -0.870. The number of non-ortho nitro benzene ring substituents is 1. The number of alkyl halides is 1. The van der Waals surface area contributed by atoms with Crippen molar-refractivity contribution in [2.24, 2.45) is 0 Å². The molecule has 0 bridgehead atoms. The van der Waals surface area contributed by atoms with Crippen LogP contribution in [-0.2, 0) is 0 Å². The SMILES string of the molecule is C=C(CCl)c1ccc([N+](=O)[O-])cc1Br. The van der Waals surface area contributed by atoms with E-state index in [1.54, 1.807) is 6.07 Å². The van der Waals surface area contributed by atoms with Gasteiger partial charge in [0.2, 0.25) is 0 Å². The van der Waals surface area contributed by atoms with E-state index in [1.807, 2.05) is 0 Å². The van der Waals surface area contributed by atoms with Gasteiger partial charge in [-0.05, 0) is 33.1 Å². The number of nitro groups is 1. The van der Waals surface area contributed by atoms with Gasteiger partial charge in [-0.15, -0.1) is 11.6 Å². The second-order valence-electron chi connectivity index (χ2n) is 2.66. The molecule has 0 heterocycles. The largest absolute Gasteiger partial charge is 0.270 e. The van der Waals surface area contributed by atoms with E-state index < -0.39 is 4.92 Å². The fourth-order valence-corrected chi connectivity index (χ4v) is 1.77. The van der Waals surface area contributed by atoms with E-state index in [9.17, 15) is 10.1 Å². The zero-order valence-electron chi connectivity index (χ0n) is 7.17. The maximum Gasteiger partial charge on any atom is 0.270 e. The van der Waals surface area contributed by atoms with Gasteiger partial charge in [-0.3, -0.25) is 10.1 Å². The van der Waals surface area contributed by atoms with Gasteiger partial charge in [0.25, 0.3) is 5.69 Å². The highest BCUT2D eigenvalue weighted by molar-refractivity contribution is 9.10. The molecule has 0 aromatic heterocycles.